The Hall–Kier alpha value is -2.40. The van der Waals surface area contributed by atoms with Crippen molar-refractivity contribution in [2.75, 3.05) is 6.54 Å². The number of imidazole rings is 1. The van der Waals surface area contributed by atoms with Gasteiger partial charge in [0, 0.05) is 34.1 Å². The highest BCUT2D eigenvalue weighted by Crippen LogP contribution is 2.27. The molecule has 0 aliphatic carbocycles. The SMILES string of the molecule is C[C@H](O)c1nccn1[C@H](CNC(=O)OC(C)(C)C)c1cc(-c2ccc(I)cc2)on1. The van der Waals surface area contributed by atoms with E-state index in [0.29, 0.717) is 17.3 Å². The van der Waals surface area contributed by atoms with Crippen LogP contribution in [0, 0.1) is 3.57 Å². The number of halogens is 1. The number of ether oxygens (including phenoxy) is 1. The van der Waals surface area contributed by atoms with Gasteiger partial charge in [-0.2, -0.15) is 0 Å². The molecule has 8 nitrogen and oxygen atoms in total. The predicted molar refractivity (Wildman–Crippen MR) is 120 cm³/mol. The van der Waals surface area contributed by atoms with Crippen molar-refractivity contribution in [1.29, 1.82) is 0 Å². The Balaban J connectivity index is 1.89. The van der Waals surface area contributed by atoms with Gasteiger partial charge >= 0.3 is 6.09 Å². The van der Waals surface area contributed by atoms with Crippen LogP contribution in [0.1, 0.15) is 51.4 Å². The lowest BCUT2D eigenvalue weighted by molar-refractivity contribution is 0.0522. The Labute approximate surface area is 188 Å². The Morgan fingerprint density at radius 2 is 2.03 bits per heavy atom. The molecule has 2 atom stereocenters. The van der Waals surface area contributed by atoms with E-state index in [2.05, 4.69) is 38.0 Å². The van der Waals surface area contributed by atoms with Gasteiger partial charge < -0.3 is 24.3 Å². The van der Waals surface area contributed by atoms with Crippen LogP contribution in [0.2, 0.25) is 0 Å². The molecule has 2 aromatic heterocycles. The van der Waals surface area contributed by atoms with E-state index < -0.39 is 23.8 Å². The molecule has 2 N–H and O–H groups in total. The molecule has 160 valence electrons. The van der Waals surface area contributed by atoms with Gasteiger partial charge in [-0.05, 0) is 62.4 Å². The normalized spacial score (nSPS) is 13.7. The summed E-state index contributed by atoms with van der Waals surface area (Å²) in [5.74, 6) is 1.08. The van der Waals surface area contributed by atoms with Crippen LogP contribution in [-0.4, -0.2) is 38.1 Å². The maximum Gasteiger partial charge on any atom is 0.407 e. The summed E-state index contributed by atoms with van der Waals surface area (Å²) >= 11 is 2.24. The standard InChI is InChI=1S/C21H25IN4O4/c1-13(27)19-23-9-10-26(19)17(12-24-20(28)29-21(2,3)4)16-11-18(30-25-16)14-5-7-15(22)8-6-14/h5-11,13,17,27H,12H2,1-4H3,(H,24,28)/t13-,17+/m0/s1. The van der Waals surface area contributed by atoms with Crippen molar-refractivity contribution < 1.29 is 19.2 Å². The van der Waals surface area contributed by atoms with Crippen LogP contribution in [0.4, 0.5) is 4.79 Å². The number of carbonyl (C=O) groups excluding carboxylic acids is 1. The van der Waals surface area contributed by atoms with Crippen molar-refractivity contribution in [3.8, 4) is 11.3 Å². The first-order valence-corrected chi connectivity index (χ1v) is 10.6. The molecule has 0 bridgehead atoms. The number of carbonyl (C=O) groups is 1. The molecule has 0 fully saturated rings. The van der Waals surface area contributed by atoms with Crippen molar-refractivity contribution in [3.63, 3.8) is 0 Å². The highest BCUT2D eigenvalue weighted by Gasteiger charge is 2.25. The summed E-state index contributed by atoms with van der Waals surface area (Å²) in [6, 6.07) is 9.28. The van der Waals surface area contributed by atoms with Gasteiger partial charge in [0.1, 0.15) is 23.2 Å². The molecule has 9 heteroatoms. The summed E-state index contributed by atoms with van der Waals surface area (Å²) in [5, 5.41) is 17.1. The number of aliphatic hydroxyl groups excluding tert-OH is 1. The minimum Gasteiger partial charge on any atom is -0.444 e. The summed E-state index contributed by atoms with van der Waals surface area (Å²) in [5.41, 5.74) is 0.888. The van der Waals surface area contributed by atoms with Crippen LogP contribution in [0.25, 0.3) is 11.3 Å². The van der Waals surface area contributed by atoms with E-state index in [-0.39, 0.29) is 6.54 Å². The minimum atomic E-state index is -0.786. The molecule has 1 amide bonds. The lowest BCUT2D eigenvalue weighted by atomic mass is 10.1. The fourth-order valence-corrected chi connectivity index (χ4v) is 3.31. The van der Waals surface area contributed by atoms with Crippen LogP contribution in [0.3, 0.4) is 0 Å². The van der Waals surface area contributed by atoms with Crippen molar-refractivity contribution in [3.05, 3.63) is 57.8 Å². The van der Waals surface area contributed by atoms with Crippen molar-refractivity contribution in [2.45, 2.75) is 45.4 Å². The fraction of sp³-hybridized carbons (Fsp3) is 0.381. The number of benzene rings is 1. The molecule has 3 rings (SSSR count). The largest absolute Gasteiger partial charge is 0.444 e. The van der Waals surface area contributed by atoms with E-state index in [4.69, 9.17) is 9.26 Å². The van der Waals surface area contributed by atoms with Gasteiger partial charge in [-0.25, -0.2) is 9.78 Å². The Kier molecular flexibility index (Phi) is 6.81. The number of rotatable bonds is 6. The van der Waals surface area contributed by atoms with E-state index in [1.54, 1.807) is 44.7 Å². The zero-order valence-corrected chi connectivity index (χ0v) is 19.5. The number of nitrogens with one attached hydrogen (secondary N) is 1. The van der Waals surface area contributed by atoms with E-state index >= 15 is 0 Å². The molecular weight excluding hydrogens is 499 g/mol. The quantitative estimate of drug-likeness (QED) is 0.466. The number of amides is 1. The highest BCUT2D eigenvalue weighted by atomic mass is 127. The fourth-order valence-electron chi connectivity index (χ4n) is 2.95. The Bertz CT molecular complexity index is 989. The first-order chi connectivity index (χ1) is 14.1. The monoisotopic (exact) mass is 524 g/mol. The van der Waals surface area contributed by atoms with Crippen molar-refractivity contribution in [1.82, 2.24) is 20.0 Å². The van der Waals surface area contributed by atoms with Crippen LogP contribution in [0.15, 0.2) is 47.2 Å². The summed E-state index contributed by atoms with van der Waals surface area (Å²) in [6.45, 7) is 7.23. The number of hydrogen-bond acceptors (Lipinski definition) is 6. The van der Waals surface area contributed by atoms with E-state index in [1.165, 1.54) is 0 Å². The molecule has 1 aromatic carbocycles. The maximum atomic E-state index is 12.2. The number of alkyl carbamates (subject to hydrolysis) is 1. The minimum absolute atomic E-state index is 0.184. The summed E-state index contributed by atoms with van der Waals surface area (Å²) in [7, 11) is 0. The van der Waals surface area contributed by atoms with E-state index in [1.807, 2.05) is 30.3 Å². The average molecular weight is 524 g/mol. The molecule has 0 spiro atoms. The molecule has 30 heavy (non-hydrogen) atoms. The van der Waals surface area contributed by atoms with Gasteiger partial charge in [0.15, 0.2) is 5.76 Å². The molecule has 0 saturated carbocycles. The lowest BCUT2D eigenvalue weighted by Crippen LogP contribution is -2.36. The summed E-state index contributed by atoms with van der Waals surface area (Å²) in [6.07, 6.45) is 2.02. The number of nitrogens with zero attached hydrogens (tertiary/aromatic N) is 3. The molecule has 0 saturated heterocycles. The summed E-state index contributed by atoms with van der Waals surface area (Å²) in [4.78, 5) is 16.4. The zero-order chi connectivity index (χ0) is 21.9. The third kappa shape index (κ3) is 5.60. The second kappa shape index (κ2) is 9.17. The molecule has 3 aromatic rings. The van der Waals surface area contributed by atoms with Crippen LogP contribution in [0.5, 0.6) is 0 Å². The van der Waals surface area contributed by atoms with Crippen molar-refractivity contribution >= 4 is 28.7 Å². The third-order valence-electron chi connectivity index (χ3n) is 4.25. The molecule has 2 heterocycles. The van der Waals surface area contributed by atoms with E-state index in [0.717, 1.165) is 9.13 Å². The van der Waals surface area contributed by atoms with Crippen LogP contribution in [-0.2, 0) is 4.74 Å². The van der Waals surface area contributed by atoms with Gasteiger partial charge in [-0.1, -0.05) is 17.3 Å². The second-order valence-corrected chi connectivity index (χ2v) is 9.14. The van der Waals surface area contributed by atoms with Gasteiger partial charge in [0.25, 0.3) is 0 Å². The first-order valence-electron chi connectivity index (χ1n) is 9.54. The predicted octanol–water partition coefficient (Wildman–Crippen LogP) is 4.31. The van der Waals surface area contributed by atoms with Gasteiger partial charge in [-0.3, -0.25) is 0 Å². The third-order valence-corrected chi connectivity index (χ3v) is 4.96. The Morgan fingerprint density at radius 1 is 1.33 bits per heavy atom. The number of aliphatic hydroxyl groups is 1. The van der Waals surface area contributed by atoms with Crippen LogP contribution < -0.4 is 5.32 Å². The number of hydrogen-bond donors (Lipinski definition) is 2. The molecular formula is C21H25IN4O4. The molecule has 0 aliphatic rings. The van der Waals surface area contributed by atoms with Gasteiger partial charge in [-0.15, -0.1) is 0 Å². The summed E-state index contributed by atoms with van der Waals surface area (Å²) < 4.78 is 13.8. The Morgan fingerprint density at radius 3 is 2.67 bits per heavy atom. The van der Waals surface area contributed by atoms with Gasteiger partial charge in [0.05, 0.1) is 6.04 Å². The van der Waals surface area contributed by atoms with E-state index in [9.17, 15) is 9.90 Å². The van der Waals surface area contributed by atoms with Gasteiger partial charge in [0.2, 0.25) is 0 Å². The average Bonchev–Trinajstić information content (AvgIpc) is 3.31. The second-order valence-electron chi connectivity index (χ2n) is 7.89. The van der Waals surface area contributed by atoms with Crippen LogP contribution >= 0.6 is 22.6 Å². The maximum absolute atomic E-state index is 12.2. The smallest absolute Gasteiger partial charge is 0.407 e. The lowest BCUT2D eigenvalue weighted by Gasteiger charge is -2.23. The molecule has 0 radical (unpaired) electrons. The topological polar surface area (TPSA) is 102 Å². The molecule has 0 unspecified atom stereocenters. The molecule has 0 aliphatic heterocycles. The highest BCUT2D eigenvalue weighted by molar-refractivity contribution is 14.1. The first kappa shape index (κ1) is 22.3. The zero-order valence-electron chi connectivity index (χ0n) is 17.3. The number of aromatic nitrogens is 3. The van der Waals surface area contributed by atoms with Crippen molar-refractivity contribution in [2.24, 2.45) is 0 Å².